The van der Waals surface area contributed by atoms with Crippen molar-refractivity contribution in [2.45, 2.75) is 25.4 Å². The van der Waals surface area contributed by atoms with Crippen LogP contribution >= 0.6 is 0 Å². The fourth-order valence-electron chi connectivity index (χ4n) is 2.71. The fraction of sp³-hybridized carbons (Fsp3) is 0.375. The minimum atomic E-state index is -0.397. The van der Waals surface area contributed by atoms with Crippen LogP contribution in [0.4, 0.5) is 5.82 Å². The number of hydrogen-bond donors (Lipinski definition) is 2. The maximum Gasteiger partial charge on any atom is 0.330 e. The van der Waals surface area contributed by atoms with Crippen LogP contribution in [0.3, 0.4) is 0 Å². The molecule has 0 bridgehead atoms. The second kappa shape index (κ2) is 6.19. The predicted octanol–water partition coefficient (Wildman–Crippen LogP) is 1.67. The van der Waals surface area contributed by atoms with Gasteiger partial charge >= 0.3 is 5.69 Å². The van der Waals surface area contributed by atoms with E-state index in [1.54, 1.807) is 0 Å². The number of anilines is 1. The van der Waals surface area contributed by atoms with Gasteiger partial charge in [-0.05, 0) is 18.9 Å². The molecular formula is C16H19N3O3. The van der Waals surface area contributed by atoms with Crippen molar-refractivity contribution in [3.8, 4) is 0 Å². The molecule has 0 radical (unpaired) electrons. The van der Waals surface area contributed by atoms with Crippen LogP contribution in [0.1, 0.15) is 31.0 Å². The highest BCUT2D eigenvalue weighted by Crippen LogP contribution is 2.17. The Bertz CT molecular complexity index is 714. The van der Waals surface area contributed by atoms with Crippen LogP contribution in [-0.2, 0) is 4.74 Å². The van der Waals surface area contributed by atoms with Gasteiger partial charge in [-0.1, -0.05) is 30.3 Å². The number of benzene rings is 1. The SMILES string of the molecule is C[C@H](Nc1cc(=O)n(C2CCOC2)c(=O)[nH]1)c1ccccc1. The van der Waals surface area contributed by atoms with Gasteiger partial charge in [0, 0.05) is 18.7 Å². The summed E-state index contributed by atoms with van der Waals surface area (Å²) in [6.07, 6.45) is 0.691. The van der Waals surface area contributed by atoms with Crippen molar-refractivity contribution in [2.24, 2.45) is 0 Å². The average Bonchev–Trinajstić information content (AvgIpc) is 3.01. The standard InChI is InChI=1S/C16H19N3O3/c1-11(12-5-3-2-4-6-12)17-14-9-15(20)19(16(21)18-14)13-7-8-22-10-13/h2-6,9,11,13,17H,7-8,10H2,1H3,(H,18,21)/t11-,13?/m0/s1. The Morgan fingerprint density at radius 2 is 2.09 bits per heavy atom. The molecule has 1 aromatic carbocycles. The van der Waals surface area contributed by atoms with Gasteiger partial charge in [-0.2, -0.15) is 0 Å². The molecule has 22 heavy (non-hydrogen) atoms. The van der Waals surface area contributed by atoms with E-state index in [-0.39, 0.29) is 17.6 Å². The molecule has 1 aliphatic heterocycles. The first-order valence-corrected chi connectivity index (χ1v) is 7.40. The number of aromatic nitrogens is 2. The molecule has 6 nitrogen and oxygen atoms in total. The lowest BCUT2D eigenvalue weighted by Crippen LogP contribution is -2.38. The third-order valence-electron chi connectivity index (χ3n) is 3.91. The summed E-state index contributed by atoms with van der Waals surface area (Å²) in [5, 5.41) is 3.16. The maximum atomic E-state index is 12.2. The molecule has 0 aliphatic carbocycles. The van der Waals surface area contributed by atoms with Crippen molar-refractivity contribution in [2.75, 3.05) is 18.5 Å². The largest absolute Gasteiger partial charge is 0.379 e. The molecule has 6 heteroatoms. The topological polar surface area (TPSA) is 76.1 Å². The van der Waals surface area contributed by atoms with Crippen LogP contribution in [0.25, 0.3) is 0 Å². The van der Waals surface area contributed by atoms with Crippen LogP contribution in [0.5, 0.6) is 0 Å². The second-order valence-corrected chi connectivity index (χ2v) is 5.49. The zero-order valence-corrected chi connectivity index (χ0v) is 12.4. The number of nitrogens with one attached hydrogen (secondary N) is 2. The third kappa shape index (κ3) is 2.96. The molecule has 116 valence electrons. The zero-order chi connectivity index (χ0) is 15.5. The first-order chi connectivity index (χ1) is 10.6. The Hall–Kier alpha value is -2.34. The van der Waals surface area contributed by atoms with E-state index >= 15 is 0 Å². The monoisotopic (exact) mass is 301 g/mol. The fourth-order valence-corrected chi connectivity index (χ4v) is 2.71. The Morgan fingerprint density at radius 3 is 2.73 bits per heavy atom. The van der Waals surface area contributed by atoms with Crippen LogP contribution in [-0.4, -0.2) is 22.8 Å². The summed E-state index contributed by atoms with van der Waals surface area (Å²) in [7, 11) is 0. The highest BCUT2D eigenvalue weighted by Gasteiger charge is 2.21. The number of ether oxygens (including phenoxy) is 1. The van der Waals surface area contributed by atoms with E-state index in [9.17, 15) is 9.59 Å². The van der Waals surface area contributed by atoms with Crippen molar-refractivity contribution in [1.29, 1.82) is 0 Å². The van der Waals surface area contributed by atoms with Gasteiger partial charge in [-0.3, -0.25) is 14.3 Å². The van der Waals surface area contributed by atoms with Crippen molar-refractivity contribution < 1.29 is 4.74 Å². The van der Waals surface area contributed by atoms with Gasteiger partial charge in [-0.15, -0.1) is 0 Å². The maximum absolute atomic E-state index is 12.2. The molecule has 1 unspecified atom stereocenters. The lowest BCUT2D eigenvalue weighted by molar-refractivity contribution is 0.185. The molecule has 1 aliphatic rings. The Kier molecular flexibility index (Phi) is 4.11. The molecule has 2 atom stereocenters. The van der Waals surface area contributed by atoms with E-state index in [2.05, 4.69) is 10.3 Å². The Morgan fingerprint density at radius 1 is 1.32 bits per heavy atom. The van der Waals surface area contributed by atoms with Crippen molar-refractivity contribution in [1.82, 2.24) is 9.55 Å². The summed E-state index contributed by atoms with van der Waals surface area (Å²) in [6, 6.07) is 11.1. The highest BCUT2D eigenvalue weighted by molar-refractivity contribution is 5.36. The Balaban J connectivity index is 1.84. The van der Waals surface area contributed by atoms with E-state index in [0.29, 0.717) is 25.5 Å². The molecule has 3 rings (SSSR count). The van der Waals surface area contributed by atoms with Crippen molar-refractivity contribution in [3.05, 3.63) is 62.8 Å². The number of nitrogens with zero attached hydrogens (tertiary/aromatic N) is 1. The summed E-state index contributed by atoms with van der Waals surface area (Å²) < 4.78 is 6.49. The minimum absolute atomic E-state index is 0.0121. The van der Waals surface area contributed by atoms with Gasteiger partial charge < -0.3 is 10.1 Å². The van der Waals surface area contributed by atoms with Gasteiger partial charge in [0.1, 0.15) is 5.82 Å². The van der Waals surface area contributed by atoms with Crippen molar-refractivity contribution >= 4 is 5.82 Å². The normalized spacial score (nSPS) is 19.0. The minimum Gasteiger partial charge on any atom is -0.379 e. The molecule has 0 amide bonds. The number of H-pyrrole nitrogens is 1. The van der Waals surface area contributed by atoms with Crippen LogP contribution in [0.2, 0.25) is 0 Å². The third-order valence-corrected chi connectivity index (χ3v) is 3.91. The Labute approximate surface area is 127 Å². The molecule has 0 saturated carbocycles. The molecule has 2 aromatic rings. The smallest absolute Gasteiger partial charge is 0.330 e. The lowest BCUT2D eigenvalue weighted by Gasteiger charge is -2.16. The van der Waals surface area contributed by atoms with E-state index in [1.165, 1.54) is 10.6 Å². The van der Waals surface area contributed by atoms with Crippen LogP contribution < -0.4 is 16.6 Å². The van der Waals surface area contributed by atoms with E-state index < -0.39 is 5.69 Å². The molecule has 2 N–H and O–H groups in total. The van der Waals surface area contributed by atoms with Crippen LogP contribution in [0.15, 0.2) is 46.0 Å². The molecule has 1 fully saturated rings. The van der Waals surface area contributed by atoms with Gasteiger partial charge in [0.2, 0.25) is 0 Å². The summed E-state index contributed by atoms with van der Waals surface area (Å²) in [6.45, 7) is 2.97. The van der Waals surface area contributed by atoms with Crippen molar-refractivity contribution in [3.63, 3.8) is 0 Å². The van der Waals surface area contributed by atoms with Gasteiger partial charge in [-0.25, -0.2) is 4.79 Å². The summed E-state index contributed by atoms with van der Waals surface area (Å²) in [5.41, 5.74) is 0.379. The van der Waals surface area contributed by atoms with Crippen LogP contribution in [0, 0.1) is 0 Å². The first-order valence-electron chi connectivity index (χ1n) is 7.40. The summed E-state index contributed by atoms with van der Waals surface area (Å²) in [5.74, 6) is 0.432. The summed E-state index contributed by atoms with van der Waals surface area (Å²) >= 11 is 0. The van der Waals surface area contributed by atoms with Gasteiger partial charge in [0.15, 0.2) is 0 Å². The average molecular weight is 301 g/mol. The molecule has 1 aromatic heterocycles. The quantitative estimate of drug-likeness (QED) is 0.900. The number of hydrogen-bond acceptors (Lipinski definition) is 4. The highest BCUT2D eigenvalue weighted by atomic mass is 16.5. The van der Waals surface area contributed by atoms with Gasteiger partial charge in [0.25, 0.3) is 5.56 Å². The number of rotatable bonds is 4. The zero-order valence-electron chi connectivity index (χ0n) is 12.4. The predicted molar refractivity (Wildman–Crippen MR) is 84.3 cm³/mol. The molecular weight excluding hydrogens is 282 g/mol. The summed E-state index contributed by atoms with van der Waals surface area (Å²) in [4.78, 5) is 27.1. The van der Waals surface area contributed by atoms with E-state index in [4.69, 9.17) is 4.74 Å². The lowest BCUT2D eigenvalue weighted by atomic mass is 10.1. The molecule has 0 spiro atoms. The first kappa shape index (κ1) is 14.6. The van der Waals surface area contributed by atoms with Gasteiger partial charge in [0.05, 0.1) is 12.6 Å². The second-order valence-electron chi connectivity index (χ2n) is 5.49. The van der Waals surface area contributed by atoms with E-state index in [1.807, 2.05) is 37.3 Å². The van der Waals surface area contributed by atoms with E-state index in [0.717, 1.165) is 5.56 Å². The number of aromatic amines is 1. The molecule has 2 heterocycles. The molecule has 1 saturated heterocycles.